The number of hydrogen-bond acceptors (Lipinski definition) is 6. The highest BCUT2D eigenvalue weighted by Gasteiger charge is 2.17. The van der Waals surface area contributed by atoms with Crippen molar-refractivity contribution in [1.29, 1.82) is 0 Å². The van der Waals surface area contributed by atoms with Crippen LogP contribution in [0.3, 0.4) is 0 Å². The van der Waals surface area contributed by atoms with Gasteiger partial charge in [0.15, 0.2) is 5.58 Å². The van der Waals surface area contributed by atoms with Crippen LogP contribution >= 0.6 is 0 Å². The molecule has 166 valence electrons. The Kier molecular flexibility index (Phi) is 5.57. The van der Waals surface area contributed by atoms with Crippen LogP contribution in [0.1, 0.15) is 23.7 Å². The van der Waals surface area contributed by atoms with Gasteiger partial charge >= 0.3 is 5.97 Å². The Morgan fingerprint density at radius 2 is 1.88 bits per heavy atom. The Bertz CT molecular complexity index is 1450. The minimum atomic E-state index is -0.272. The van der Waals surface area contributed by atoms with E-state index in [1.54, 1.807) is 13.2 Å². The number of furan rings is 1. The van der Waals surface area contributed by atoms with Crippen molar-refractivity contribution >= 4 is 27.9 Å². The molecule has 0 bridgehead atoms. The molecule has 0 spiro atoms. The van der Waals surface area contributed by atoms with E-state index in [0.717, 1.165) is 49.9 Å². The number of rotatable bonds is 7. The molecule has 5 aromatic rings. The number of hydrogen-bond donors (Lipinski definition) is 0. The summed E-state index contributed by atoms with van der Waals surface area (Å²) in [6.45, 7) is 4.41. The average Bonchev–Trinajstić information content (AvgIpc) is 3.45. The molecule has 5 rings (SSSR count). The number of aryl methyl sites for hydroxylation is 1. The fourth-order valence-electron chi connectivity index (χ4n) is 4.04. The predicted molar refractivity (Wildman–Crippen MR) is 125 cm³/mol. The monoisotopic (exact) mass is 441 g/mol. The first-order chi connectivity index (χ1) is 16.1. The maximum atomic E-state index is 12.0. The van der Waals surface area contributed by atoms with E-state index in [-0.39, 0.29) is 12.4 Å². The van der Waals surface area contributed by atoms with Crippen LogP contribution in [0.2, 0.25) is 0 Å². The lowest BCUT2D eigenvalue weighted by molar-refractivity contribution is -0.142. The van der Waals surface area contributed by atoms with Crippen LogP contribution < -0.4 is 4.74 Å². The number of ether oxygens (including phenoxy) is 2. The van der Waals surface area contributed by atoms with Gasteiger partial charge in [0.2, 0.25) is 0 Å². The zero-order valence-corrected chi connectivity index (χ0v) is 18.5. The van der Waals surface area contributed by atoms with Gasteiger partial charge in [-0.2, -0.15) is 0 Å². The second-order valence-electron chi connectivity index (χ2n) is 7.81. The van der Waals surface area contributed by atoms with Gasteiger partial charge in [0.25, 0.3) is 0 Å². The fourth-order valence-corrected chi connectivity index (χ4v) is 4.04. The van der Waals surface area contributed by atoms with Gasteiger partial charge in [-0.25, -0.2) is 0 Å². The lowest BCUT2D eigenvalue weighted by atomic mass is 9.98. The van der Waals surface area contributed by atoms with Gasteiger partial charge in [0, 0.05) is 27.5 Å². The molecule has 6 nitrogen and oxygen atoms in total. The zero-order chi connectivity index (χ0) is 22.8. The maximum absolute atomic E-state index is 12.0. The van der Waals surface area contributed by atoms with Crippen molar-refractivity contribution < 1.29 is 23.2 Å². The van der Waals surface area contributed by atoms with Gasteiger partial charge in [-0.15, -0.1) is 0 Å². The first-order valence-corrected chi connectivity index (χ1v) is 10.9. The molecule has 6 heteroatoms. The van der Waals surface area contributed by atoms with Crippen molar-refractivity contribution in [3.05, 3.63) is 83.7 Å². The van der Waals surface area contributed by atoms with Crippen molar-refractivity contribution in [2.24, 2.45) is 0 Å². The molecule has 0 unspecified atom stereocenters. The van der Waals surface area contributed by atoms with E-state index in [9.17, 15) is 4.79 Å². The third-order valence-electron chi connectivity index (χ3n) is 5.59. The van der Waals surface area contributed by atoms with E-state index in [1.807, 2.05) is 67.6 Å². The average molecular weight is 441 g/mol. The molecule has 0 saturated carbocycles. The molecule has 0 saturated heterocycles. The Balaban J connectivity index is 1.49. The summed E-state index contributed by atoms with van der Waals surface area (Å²) in [5.74, 6) is 0.387. The second-order valence-corrected chi connectivity index (χ2v) is 7.81. The summed E-state index contributed by atoms with van der Waals surface area (Å²) < 4.78 is 22.7. The molecule has 0 fully saturated rings. The molecule has 2 aromatic heterocycles. The molecule has 0 atom stereocenters. The van der Waals surface area contributed by atoms with Crippen LogP contribution in [0.4, 0.5) is 0 Å². The van der Waals surface area contributed by atoms with E-state index < -0.39 is 0 Å². The van der Waals surface area contributed by atoms with Crippen LogP contribution in [0, 0.1) is 6.92 Å². The quantitative estimate of drug-likeness (QED) is 0.279. The van der Waals surface area contributed by atoms with Gasteiger partial charge < -0.3 is 18.4 Å². The number of nitrogens with zero attached hydrogens (tertiary/aromatic N) is 1. The van der Waals surface area contributed by atoms with E-state index in [2.05, 4.69) is 5.16 Å². The van der Waals surface area contributed by atoms with Gasteiger partial charge in [-0.3, -0.25) is 4.79 Å². The SMILES string of the molecule is CCOC(=O)Cc1ccccc1OCc1cc(-c2cccc3c(C)noc23)c2occc2c1. The fraction of sp³-hybridized carbons (Fsp3) is 0.185. The molecule has 0 aliphatic carbocycles. The topological polar surface area (TPSA) is 74.7 Å². The van der Waals surface area contributed by atoms with E-state index in [1.165, 1.54) is 0 Å². The molecular weight excluding hydrogens is 418 g/mol. The molecule has 0 N–H and O–H groups in total. The number of aromatic nitrogens is 1. The van der Waals surface area contributed by atoms with Crippen molar-refractivity contribution in [3.8, 4) is 16.9 Å². The summed E-state index contributed by atoms with van der Waals surface area (Å²) >= 11 is 0. The van der Waals surface area contributed by atoms with Crippen molar-refractivity contribution in [1.82, 2.24) is 5.16 Å². The van der Waals surface area contributed by atoms with Crippen LogP contribution in [-0.4, -0.2) is 17.7 Å². The van der Waals surface area contributed by atoms with Gasteiger partial charge in [0.1, 0.15) is 17.9 Å². The largest absolute Gasteiger partial charge is 0.489 e. The molecule has 0 aliphatic rings. The summed E-state index contributed by atoms with van der Waals surface area (Å²) in [6, 6.07) is 19.5. The Labute approximate surface area is 190 Å². The molecule has 3 aromatic carbocycles. The molecular formula is C27H23NO5. The summed E-state index contributed by atoms with van der Waals surface area (Å²) in [5.41, 5.74) is 5.95. The molecule has 2 heterocycles. The number of carbonyl (C=O) groups excluding carboxylic acids is 1. The number of benzene rings is 3. The number of para-hydroxylation sites is 2. The molecule has 0 aliphatic heterocycles. The van der Waals surface area contributed by atoms with E-state index in [0.29, 0.717) is 19.0 Å². The highest BCUT2D eigenvalue weighted by molar-refractivity contribution is 6.01. The van der Waals surface area contributed by atoms with Crippen molar-refractivity contribution in [2.75, 3.05) is 6.61 Å². The van der Waals surface area contributed by atoms with E-state index in [4.69, 9.17) is 18.4 Å². The van der Waals surface area contributed by atoms with Gasteiger partial charge in [-0.1, -0.05) is 35.5 Å². The highest BCUT2D eigenvalue weighted by Crippen LogP contribution is 2.36. The summed E-state index contributed by atoms with van der Waals surface area (Å²) in [7, 11) is 0. The minimum Gasteiger partial charge on any atom is -0.489 e. The molecule has 33 heavy (non-hydrogen) atoms. The Morgan fingerprint density at radius 1 is 1.00 bits per heavy atom. The first kappa shape index (κ1) is 20.8. The summed E-state index contributed by atoms with van der Waals surface area (Å²) in [5, 5.41) is 6.07. The Morgan fingerprint density at radius 3 is 2.76 bits per heavy atom. The smallest absolute Gasteiger partial charge is 0.310 e. The maximum Gasteiger partial charge on any atom is 0.310 e. The van der Waals surface area contributed by atoms with Crippen molar-refractivity contribution in [2.45, 2.75) is 26.9 Å². The van der Waals surface area contributed by atoms with Crippen LogP contribution in [0.25, 0.3) is 33.1 Å². The second kappa shape index (κ2) is 8.82. The first-order valence-electron chi connectivity index (χ1n) is 10.9. The third kappa shape index (κ3) is 4.07. The molecule has 0 radical (unpaired) electrons. The number of carbonyl (C=O) groups is 1. The summed E-state index contributed by atoms with van der Waals surface area (Å²) in [6.07, 6.45) is 1.85. The summed E-state index contributed by atoms with van der Waals surface area (Å²) in [4.78, 5) is 12.0. The number of esters is 1. The third-order valence-corrected chi connectivity index (χ3v) is 5.59. The highest BCUT2D eigenvalue weighted by atomic mass is 16.5. The van der Waals surface area contributed by atoms with Crippen LogP contribution in [-0.2, 0) is 22.6 Å². The van der Waals surface area contributed by atoms with Crippen LogP contribution in [0.5, 0.6) is 5.75 Å². The normalized spacial score (nSPS) is 11.2. The van der Waals surface area contributed by atoms with E-state index >= 15 is 0 Å². The lowest BCUT2D eigenvalue weighted by Crippen LogP contribution is -2.09. The predicted octanol–water partition coefficient (Wildman–Crippen LogP) is 6.23. The van der Waals surface area contributed by atoms with Gasteiger partial charge in [-0.05, 0) is 49.7 Å². The number of fused-ring (bicyclic) bond motifs is 2. The minimum absolute atomic E-state index is 0.170. The van der Waals surface area contributed by atoms with Gasteiger partial charge in [0.05, 0.1) is 25.0 Å². The zero-order valence-electron chi connectivity index (χ0n) is 18.5. The van der Waals surface area contributed by atoms with Crippen LogP contribution in [0.15, 0.2) is 75.9 Å². The standard InChI is InChI=1S/C27H23NO5/c1-3-30-25(29)15-19-7-4-5-10-24(19)32-16-18-13-20-11-12-31-26(20)23(14-18)22-9-6-8-21-17(2)28-33-27(21)22/h4-14H,3,15-16H2,1-2H3. The Hall–Kier alpha value is -4.06. The molecule has 0 amide bonds. The lowest BCUT2D eigenvalue weighted by Gasteiger charge is -2.12. The van der Waals surface area contributed by atoms with Crippen molar-refractivity contribution in [3.63, 3.8) is 0 Å².